The molecule has 1 rings (SSSR count). The summed E-state index contributed by atoms with van der Waals surface area (Å²) >= 11 is 0. The molecule has 3 heteroatoms. The summed E-state index contributed by atoms with van der Waals surface area (Å²) in [5.74, 6) is 0.244. The van der Waals surface area contributed by atoms with Crippen LogP contribution in [0, 0.1) is 5.92 Å². The van der Waals surface area contributed by atoms with E-state index in [1.807, 2.05) is 6.92 Å². The van der Waals surface area contributed by atoms with E-state index in [4.69, 9.17) is 5.73 Å². The number of nitrogens with zero attached hydrogens (tertiary/aromatic N) is 1. The van der Waals surface area contributed by atoms with Gasteiger partial charge in [0.15, 0.2) is 0 Å². The van der Waals surface area contributed by atoms with E-state index in [1.165, 1.54) is 0 Å². The summed E-state index contributed by atoms with van der Waals surface area (Å²) in [6.07, 6.45) is -0.345. The Bertz CT molecular complexity index is 87.1. The second-order valence-corrected chi connectivity index (χ2v) is 2.72. The second kappa shape index (κ2) is 2.64. The third-order valence-corrected chi connectivity index (χ3v) is 1.78. The standard InChI is InChI=1S/C6H13N2O/c1-4-2-8-3-5(7)6(4)9/h4-6,9H,2-3,7H2,1H3. The van der Waals surface area contributed by atoms with Gasteiger partial charge in [0.05, 0.1) is 6.10 Å². The number of hydrogen-bond donors (Lipinski definition) is 2. The minimum Gasteiger partial charge on any atom is -0.391 e. The lowest BCUT2D eigenvalue weighted by Crippen LogP contribution is -2.51. The quantitative estimate of drug-likeness (QED) is 0.437. The van der Waals surface area contributed by atoms with Gasteiger partial charge in [0.25, 0.3) is 0 Å². The van der Waals surface area contributed by atoms with Crippen molar-refractivity contribution in [2.75, 3.05) is 13.1 Å². The summed E-state index contributed by atoms with van der Waals surface area (Å²) in [6, 6.07) is -0.131. The first-order valence-electron chi connectivity index (χ1n) is 3.28. The van der Waals surface area contributed by atoms with Crippen molar-refractivity contribution < 1.29 is 5.11 Å². The minimum atomic E-state index is -0.345. The number of aliphatic hydroxyl groups excluding tert-OH is 1. The predicted molar refractivity (Wildman–Crippen MR) is 35.0 cm³/mol. The molecule has 0 aromatic carbocycles. The van der Waals surface area contributed by atoms with E-state index in [1.54, 1.807) is 0 Å². The van der Waals surface area contributed by atoms with Crippen LogP contribution in [-0.2, 0) is 0 Å². The number of rotatable bonds is 0. The first-order valence-corrected chi connectivity index (χ1v) is 3.28. The number of hydrogen-bond acceptors (Lipinski definition) is 2. The highest BCUT2D eigenvalue weighted by molar-refractivity contribution is 4.84. The van der Waals surface area contributed by atoms with E-state index in [0.717, 1.165) is 6.54 Å². The first-order chi connectivity index (χ1) is 4.22. The second-order valence-electron chi connectivity index (χ2n) is 2.72. The van der Waals surface area contributed by atoms with Gasteiger partial charge >= 0.3 is 0 Å². The Hall–Kier alpha value is -0.120. The fourth-order valence-corrected chi connectivity index (χ4v) is 1.07. The molecule has 3 atom stereocenters. The fourth-order valence-electron chi connectivity index (χ4n) is 1.07. The predicted octanol–water partition coefficient (Wildman–Crippen LogP) is -1.07. The molecule has 1 heterocycles. The average molecular weight is 129 g/mol. The van der Waals surface area contributed by atoms with Gasteiger partial charge in [0, 0.05) is 19.1 Å². The van der Waals surface area contributed by atoms with Crippen LogP contribution in [0.4, 0.5) is 0 Å². The largest absolute Gasteiger partial charge is 0.391 e. The molecule has 3 nitrogen and oxygen atoms in total. The molecule has 1 aliphatic heterocycles. The molecule has 3 N–H and O–H groups in total. The van der Waals surface area contributed by atoms with Crippen molar-refractivity contribution in [3.8, 4) is 0 Å². The monoisotopic (exact) mass is 129 g/mol. The van der Waals surface area contributed by atoms with Crippen LogP contribution in [-0.4, -0.2) is 30.3 Å². The summed E-state index contributed by atoms with van der Waals surface area (Å²) in [4.78, 5) is 0. The lowest BCUT2D eigenvalue weighted by Gasteiger charge is -2.29. The molecule has 3 unspecified atom stereocenters. The van der Waals surface area contributed by atoms with Gasteiger partial charge in [0.2, 0.25) is 0 Å². The van der Waals surface area contributed by atoms with Crippen LogP contribution < -0.4 is 11.1 Å². The molecule has 9 heavy (non-hydrogen) atoms. The summed E-state index contributed by atoms with van der Waals surface area (Å²) in [5, 5.41) is 13.4. The van der Waals surface area contributed by atoms with Crippen LogP contribution in [0.2, 0.25) is 0 Å². The normalized spacial score (nSPS) is 45.0. The van der Waals surface area contributed by atoms with Crippen molar-refractivity contribution in [3.05, 3.63) is 0 Å². The lowest BCUT2D eigenvalue weighted by atomic mass is 9.95. The molecule has 0 aromatic heterocycles. The van der Waals surface area contributed by atoms with Gasteiger partial charge in [0.1, 0.15) is 0 Å². The summed E-state index contributed by atoms with van der Waals surface area (Å²) in [7, 11) is 0. The van der Waals surface area contributed by atoms with E-state index in [2.05, 4.69) is 5.32 Å². The molecule has 1 saturated heterocycles. The molecule has 0 saturated carbocycles. The maximum absolute atomic E-state index is 9.26. The van der Waals surface area contributed by atoms with Gasteiger partial charge in [-0.1, -0.05) is 6.92 Å². The van der Waals surface area contributed by atoms with E-state index in [-0.39, 0.29) is 18.1 Å². The molecule has 1 radical (unpaired) electrons. The smallest absolute Gasteiger partial charge is 0.0742 e. The maximum atomic E-state index is 9.26. The van der Waals surface area contributed by atoms with Crippen molar-refractivity contribution in [3.63, 3.8) is 0 Å². The number of piperidine rings is 1. The van der Waals surface area contributed by atoms with Crippen LogP contribution in [0.3, 0.4) is 0 Å². The van der Waals surface area contributed by atoms with Crippen LogP contribution >= 0.6 is 0 Å². The third kappa shape index (κ3) is 1.41. The van der Waals surface area contributed by atoms with E-state index in [0.29, 0.717) is 6.54 Å². The Kier molecular flexibility index (Phi) is 2.05. The Balaban J connectivity index is 2.41. The SMILES string of the molecule is CC1C[N]CC(N)C1O. The minimum absolute atomic E-state index is 0.131. The zero-order chi connectivity index (χ0) is 6.85. The zero-order valence-electron chi connectivity index (χ0n) is 5.62. The van der Waals surface area contributed by atoms with Crippen molar-refractivity contribution in [1.29, 1.82) is 0 Å². The van der Waals surface area contributed by atoms with Crippen LogP contribution in [0.25, 0.3) is 0 Å². The number of nitrogens with two attached hydrogens (primary N) is 1. The third-order valence-electron chi connectivity index (χ3n) is 1.78. The van der Waals surface area contributed by atoms with Gasteiger partial charge in [-0.3, -0.25) is 0 Å². The highest BCUT2D eigenvalue weighted by Gasteiger charge is 2.25. The van der Waals surface area contributed by atoms with Crippen LogP contribution in [0.1, 0.15) is 6.92 Å². The van der Waals surface area contributed by atoms with Crippen LogP contribution in [0.15, 0.2) is 0 Å². The Labute approximate surface area is 55.2 Å². The fraction of sp³-hybridized carbons (Fsp3) is 1.00. The number of aliphatic hydroxyl groups is 1. The molecule has 0 amide bonds. The molecule has 53 valence electrons. The van der Waals surface area contributed by atoms with Gasteiger partial charge < -0.3 is 10.8 Å². The van der Waals surface area contributed by atoms with E-state index < -0.39 is 0 Å². The van der Waals surface area contributed by atoms with Crippen molar-refractivity contribution in [2.24, 2.45) is 11.7 Å². The van der Waals surface area contributed by atoms with Gasteiger partial charge in [-0.25, -0.2) is 5.32 Å². The Morgan fingerprint density at radius 2 is 2.22 bits per heavy atom. The Morgan fingerprint density at radius 3 is 2.67 bits per heavy atom. The molecular formula is C6H13N2O. The van der Waals surface area contributed by atoms with Crippen molar-refractivity contribution >= 4 is 0 Å². The van der Waals surface area contributed by atoms with Gasteiger partial charge in [-0.05, 0) is 5.92 Å². The highest BCUT2D eigenvalue weighted by Crippen LogP contribution is 2.09. The molecule has 1 fully saturated rings. The molecule has 1 aliphatic rings. The topological polar surface area (TPSA) is 60.4 Å². The van der Waals surface area contributed by atoms with Gasteiger partial charge in [-0.2, -0.15) is 0 Å². The van der Waals surface area contributed by atoms with Gasteiger partial charge in [-0.15, -0.1) is 0 Å². The maximum Gasteiger partial charge on any atom is 0.0742 e. The summed E-state index contributed by atoms with van der Waals surface area (Å²) in [6.45, 7) is 3.34. The van der Waals surface area contributed by atoms with E-state index >= 15 is 0 Å². The van der Waals surface area contributed by atoms with Crippen LogP contribution in [0.5, 0.6) is 0 Å². The zero-order valence-corrected chi connectivity index (χ0v) is 5.62. The molecule has 0 aliphatic carbocycles. The molecule has 0 aromatic rings. The Morgan fingerprint density at radius 1 is 1.56 bits per heavy atom. The summed E-state index contributed by atoms with van der Waals surface area (Å²) in [5.41, 5.74) is 5.52. The van der Waals surface area contributed by atoms with Crippen molar-refractivity contribution in [2.45, 2.75) is 19.1 Å². The molecular weight excluding hydrogens is 116 g/mol. The highest BCUT2D eigenvalue weighted by atomic mass is 16.3. The molecule has 0 spiro atoms. The van der Waals surface area contributed by atoms with Crippen molar-refractivity contribution in [1.82, 2.24) is 5.32 Å². The summed E-state index contributed by atoms with van der Waals surface area (Å²) < 4.78 is 0. The van der Waals surface area contributed by atoms with E-state index in [9.17, 15) is 5.11 Å². The lowest BCUT2D eigenvalue weighted by molar-refractivity contribution is 0.0681. The molecule has 0 bridgehead atoms. The average Bonchev–Trinajstić information content (AvgIpc) is 1.83. The first kappa shape index (κ1) is 6.99.